The SMILES string of the molecule is COc1cc(OC)c(-c2ccc(/C=C/C=C(C#N)C#N)o2)cc1-c1ccc(/C=C/C=C(C#N)C#N)o1. The lowest BCUT2D eigenvalue weighted by Crippen LogP contribution is -1.93. The second kappa shape index (κ2) is 12.0. The van der Waals surface area contributed by atoms with E-state index in [2.05, 4.69) is 0 Å². The van der Waals surface area contributed by atoms with E-state index in [4.69, 9.17) is 39.4 Å². The van der Waals surface area contributed by atoms with Crippen molar-refractivity contribution >= 4 is 12.2 Å². The summed E-state index contributed by atoms with van der Waals surface area (Å²) in [7, 11) is 3.08. The van der Waals surface area contributed by atoms with Crippen molar-refractivity contribution in [2.45, 2.75) is 0 Å². The molecular formula is C28H18N4O4. The number of furan rings is 2. The van der Waals surface area contributed by atoms with E-state index in [1.54, 1.807) is 78.9 Å². The number of hydrogen-bond donors (Lipinski definition) is 0. The molecule has 36 heavy (non-hydrogen) atoms. The van der Waals surface area contributed by atoms with Gasteiger partial charge in [-0.05, 0) is 54.6 Å². The summed E-state index contributed by atoms with van der Waals surface area (Å²) in [5.41, 5.74) is 1.28. The Morgan fingerprint density at radius 2 is 1.08 bits per heavy atom. The topological polar surface area (TPSA) is 140 Å². The Kier molecular flexibility index (Phi) is 8.28. The second-order valence-electron chi connectivity index (χ2n) is 6.98. The van der Waals surface area contributed by atoms with E-state index in [0.717, 1.165) is 0 Å². The molecule has 0 unspecified atom stereocenters. The van der Waals surface area contributed by atoms with Crippen LogP contribution < -0.4 is 9.47 Å². The van der Waals surface area contributed by atoms with Crippen LogP contribution in [0.1, 0.15) is 11.5 Å². The van der Waals surface area contributed by atoms with Gasteiger partial charge in [-0.15, -0.1) is 0 Å². The first kappa shape index (κ1) is 24.9. The molecule has 0 N–H and O–H groups in total. The summed E-state index contributed by atoms with van der Waals surface area (Å²) >= 11 is 0. The zero-order valence-electron chi connectivity index (χ0n) is 19.4. The van der Waals surface area contributed by atoms with E-state index in [9.17, 15) is 0 Å². The lowest BCUT2D eigenvalue weighted by atomic mass is 10.0. The molecule has 2 aromatic heterocycles. The van der Waals surface area contributed by atoms with Gasteiger partial charge in [-0.1, -0.05) is 12.2 Å². The fourth-order valence-corrected chi connectivity index (χ4v) is 3.14. The van der Waals surface area contributed by atoms with Gasteiger partial charge in [0.15, 0.2) is 0 Å². The highest BCUT2D eigenvalue weighted by molar-refractivity contribution is 5.79. The molecule has 0 aliphatic carbocycles. The Hall–Kier alpha value is -5.70. The largest absolute Gasteiger partial charge is 0.496 e. The van der Waals surface area contributed by atoms with Crippen LogP contribution >= 0.6 is 0 Å². The summed E-state index contributed by atoms with van der Waals surface area (Å²) in [6.45, 7) is 0. The van der Waals surface area contributed by atoms with Gasteiger partial charge < -0.3 is 18.3 Å². The van der Waals surface area contributed by atoms with E-state index >= 15 is 0 Å². The number of benzene rings is 1. The molecule has 3 aromatic rings. The molecule has 0 saturated heterocycles. The quantitative estimate of drug-likeness (QED) is 0.278. The van der Waals surface area contributed by atoms with E-state index < -0.39 is 0 Å². The minimum absolute atomic E-state index is 0.0150. The van der Waals surface area contributed by atoms with Crippen molar-refractivity contribution in [2.24, 2.45) is 0 Å². The van der Waals surface area contributed by atoms with E-state index in [1.165, 1.54) is 26.4 Å². The highest BCUT2D eigenvalue weighted by Crippen LogP contribution is 2.42. The molecule has 8 heteroatoms. The van der Waals surface area contributed by atoms with Gasteiger partial charge in [0.25, 0.3) is 0 Å². The Morgan fingerprint density at radius 1 is 0.667 bits per heavy atom. The van der Waals surface area contributed by atoms with Gasteiger partial charge in [0, 0.05) is 6.07 Å². The average Bonchev–Trinajstić information content (AvgIpc) is 3.58. The maximum absolute atomic E-state index is 8.82. The summed E-state index contributed by atoms with van der Waals surface area (Å²) in [6.07, 6.45) is 9.19. The van der Waals surface area contributed by atoms with Gasteiger partial charge in [0.05, 0.1) is 25.3 Å². The van der Waals surface area contributed by atoms with Crippen LogP contribution in [0.5, 0.6) is 11.5 Å². The number of allylic oxidation sites excluding steroid dienone is 6. The molecule has 0 bridgehead atoms. The van der Waals surface area contributed by atoms with Crippen molar-refractivity contribution in [3.63, 3.8) is 0 Å². The van der Waals surface area contributed by atoms with Crippen LogP contribution in [-0.2, 0) is 0 Å². The fourth-order valence-electron chi connectivity index (χ4n) is 3.14. The number of nitriles is 4. The molecular weight excluding hydrogens is 456 g/mol. The molecule has 0 aliphatic rings. The van der Waals surface area contributed by atoms with E-state index in [0.29, 0.717) is 45.7 Å². The zero-order valence-corrected chi connectivity index (χ0v) is 19.4. The smallest absolute Gasteiger partial charge is 0.138 e. The van der Waals surface area contributed by atoms with Crippen LogP contribution in [0.15, 0.2) is 80.7 Å². The molecule has 1 aromatic carbocycles. The maximum Gasteiger partial charge on any atom is 0.138 e. The highest BCUT2D eigenvalue weighted by atomic mass is 16.5. The minimum atomic E-state index is -0.0150. The first-order valence-corrected chi connectivity index (χ1v) is 10.4. The molecule has 0 amide bonds. The van der Waals surface area contributed by atoms with Crippen LogP contribution in [-0.4, -0.2) is 14.2 Å². The van der Waals surface area contributed by atoms with Crippen LogP contribution in [0.4, 0.5) is 0 Å². The minimum Gasteiger partial charge on any atom is -0.496 e. The summed E-state index contributed by atoms with van der Waals surface area (Å²) in [5.74, 6) is 3.13. The summed E-state index contributed by atoms with van der Waals surface area (Å²) in [5, 5.41) is 35.3. The fraction of sp³-hybridized carbons (Fsp3) is 0.0714. The number of rotatable bonds is 8. The predicted molar refractivity (Wildman–Crippen MR) is 132 cm³/mol. The summed E-state index contributed by atoms with van der Waals surface area (Å²) in [4.78, 5) is 0. The van der Waals surface area contributed by atoms with Gasteiger partial charge >= 0.3 is 0 Å². The van der Waals surface area contributed by atoms with Crippen molar-refractivity contribution < 1.29 is 18.3 Å². The Bertz CT molecular complexity index is 1410. The van der Waals surface area contributed by atoms with E-state index in [-0.39, 0.29) is 11.1 Å². The monoisotopic (exact) mass is 474 g/mol. The standard InChI is InChI=1S/C28H18N4O4/c1-33-27-14-28(34-2)24(26-12-10-22(36-26)8-4-6-20(17-31)18-32)13-23(27)25-11-9-21(35-25)7-3-5-19(15-29)16-30/h3-14H,1-2H3/b7-3+,8-4+. The lowest BCUT2D eigenvalue weighted by molar-refractivity contribution is 0.394. The van der Waals surface area contributed by atoms with Gasteiger partial charge in [-0.25, -0.2) is 0 Å². The van der Waals surface area contributed by atoms with Crippen molar-refractivity contribution in [3.8, 4) is 58.4 Å². The van der Waals surface area contributed by atoms with Crippen LogP contribution in [0.3, 0.4) is 0 Å². The predicted octanol–water partition coefficient (Wildman–Crippen LogP) is 6.20. The van der Waals surface area contributed by atoms with Gasteiger partial charge in [0.2, 0.25) is 0 Å². The summed E-state index contributed by atoms with van der Waals surface area (Å²) < 4.78 is 22.9. The Labute approximate surface area is 207 Å². The molecule has 0 radical (unpaired) electrons. The Balaban J connectivity index is 1.97. The molecule has 0 atom stereocenters. The number of hydrogen-bond acceptors (Lipinski definition) is 8. The second-order valence-corrected chi connectivity index (χ2v) is 6.98. The molecule has 0 spiro atoms. The molecule has 3 rings (SSSR count). The molecule has 0 aliphatic heterocycles. The number of nitrogens with zero attached hydrogens (tertiary/aromatic N) is 4. The molecule has 0 fully saturated rings. The molecule has 174 valence electrons. The lowest BCUT2D eigenvalue weighted by Gasteiger charge is -2.12. The van der Waals surface area contributed by atoms with Crippen LogP contribution in [0, 0.1) is 45.3 Å². The van der Waals surface area contributed by atoms with Crippen molar-refractivity contribution in [2.75, 3.05) is 14.2 Å². The summed E-state index contributed by atoms with van der Waals surface area (Å²) in [6, 6.07) is 17.8. The van der Waals surface area contributed by atoms with Crippen molar-refractivity contribution in [1.82, 2.24) is 0 Å². The maximum atomic E-state index is 8.82. The highest BCUT2D eigenvalue weighted by Gasteiger charge is 2.18. The molecule has 0 saturated carbocycles. The van der Waals surface area contributed by atoms with Crippen molar-refractivity contribution in [3.05, 3.63) is 83.4 Å². The average molecular weight is 474 g/mol. The normalized spacial score (nSPS) is 10.2. The van der Waals surface area contributed by atoms with Gasteiger partial charge in [0.1, 0.15) is 70.0 Å². The Morgan fingerprint density at radius 3 is 1.44 bits per heavy atom. The third kappa shape index (κ3) is 5.80. The van der Waals surface area contributed by atoms with Crippen LogP contribution in [0.25, 0.3) is 34.8 Å². The number of ether oxygens (including phenoxy) is 2. The third-order valence-corrected chi connectivity index (χ3v) is 4.83. The van der Waals surface area contributed by atoms with Crippen molar-refractivity contribution in [1.29, 1.82) is 21.0 Å². The molecule has 2 heterocycles. The first-order valence-electron chi connectivity index (χ1n) is 10.4. The zero-order chi connectivity index (χ0) is 25.9. The molecule has 8 nitrogen and oxygen atoms in total. The van der Waals surface area contributed by atoms with Crippen LogP contribution in [0.2, 0.25) is 0 Å². The third-order valence-electron chi connectivity index (χ3n) is 4.83. The van der Waals surface area contributed by atoms with Gasteiger partial charge in [-0.2, -0.15) is 21.0 Å². The number of methoxy groups -OCH3 is 2. The van der Waals surface area contributed by atoms with Gasteiger partial charge in [-0.3, -0.25) is 0 Å². The first-order chi connectivity index (χ1) is 17.6. The van der Waals surface area contributed by atoms with E-state index in [1.807, 2.05) is 6.07 Å².